The van der Waals surface area contributed by atoms with Gasteiger partial charge in [0, 0.05) is 42.7 Å². The van der Waals surface area contributed by atoms with Gasteiger partial charge in [-0.15, -0.1) is 12.4 Å². The van der Waals surface area contributed by atoms with Gasteiger partial charge in [-0.3, -0.25) is 14.6 Å². The number of halogens is 2. The summed E-state index contributed by atoms with van der Waals surface area (Å²) in [5, 5.41) is 20.1. The van der Waals surface area contributed by atoms with E-state index in [1.165, 1.54) is 19.2 Å². The molecule has 1 aliphatic heterocycles. The van der Waals surface area contributed by atoms with Gasteiger partial charge >= 0.3 is 0 Å². The molecule has 4 N–H and O–H groups in total. The minimum absolute atomic E-state index is 0. The van der Waals surface area contributed by atoms with Crippen LogP contribution in [0.1, 0.15) is 44.7 Å². The maximum atomic E-state index is 14.6. The van der Waals surface area contributed by atoms with E-state index in [2.05, 4.69) is 20.9 Å². The van der Waals surface area contributed by atoms with Gasteiger partial charge in [-0.2, -0.15) is 0 Å². The van der Waals surface area contributed by atoms with Crippen LogP contribution in [0.15, 0.2) is 60.9 Å². The van der Waals surface area contributed by atoms with Crippen molar-refractivity contribution < 1.29 is 23.8 Å². The van der Waals surface area contributed by atoms with Gasteiger partial charge in [0.2, 0.25) is 0 Å². The van der Waals surface area contributed by atoms with Crippen LogP contribution in [0.2, 0.25) is 0 Å². The molecule has 37 heavy (non-hydrogen) atoms. The Hall–Kier alpha value is -3.53. The van der Waals surface area contributed by atoms with Crippen LogP contribution in [0, 0.1) is 5.82 Å². The zero-order valence-electron chi connectivity index (χ0n) is 20.4. The Labute approximate surface area is 221 Å². The molecule has 0 aliphatic carbocycles. The van der Waals surface area contributed by atoms with Gasteiger partial charge in [0.1, 0.15) is 11.3 Å². The van der Waals surface area contributed by atoms with E-state index in [0.717, 1.165) is 24.9 Å². The molecule has 0 radical (unpaired) electrons. The number of benzene rings is 2. The van der Waals surface area contributed by atoms with Crippen LogP contribution >= 0.6 is 12.4 Å². The number of rotatable bonds is 8. The molecule has 3 aromatic rings. The monoisotopic (exact) mass is 528 g/mol. The van der Waals surface area contributed by atoms with E-state index in [1.807, 2.05) is 0 Å². The minimum atomic E-state index is -0.893. The van der Waals surface area contributed by atoms with E-state index >= 15 is 0 Å². The second-order valence-corrected chi connectivity index (χ2v) is 8.65. The minimum Gasteiger partial charge on any atom is -0.507 e. The molecule has 1 aliphatic rings. The fourth-order valence-corrected chi connectivity index (χ4v) is 4.29. The summed E-state index contributed by atoms with van der Waals surface area (Å²) in [6.45, 7) is 2.06. The Bertz CT molecular complexity index is 1210. The first-order valence-electron chi connectivity index (χ1n) is 11.8. The number of nitrogens with zero attached hydrogens (tertiary/aromatic N) is 1. The topological polar surface area (TPSA) is 113 Å². The Kier molecular flexibility index (Phi) is 9.96. The number of ketones is 1. The maximum absolute atomic E-state index is 14.6. The molecular formula is C27H30ClFN4O4. The van der Waals surface area contributed by atoms with Crippen molar-refractivity contribution in [3.63, 3.8) is 0 Å². The standard InChI is InChI=1S/C27H29FN4O4.ClH/c1-36-23-9-8-22(33)24(25(23)28)26(34)18-6-4-17(5-7-18)15-31-20-3-2-12-30-16-21(20)32-27(35)19-10-13-29-14-11-19;/h4-11,13-14,20-21,30-31,33H,2-3,12,15-16H2,1H3,(H,32,35);1H/t20-,21-;/m1./s1. The maximum Gasteiger partial charge on any atom is 0.251 e. The third-order valence-corrected chi connectivity index (χ3v) is 6.29. The lowest BCUT2D eigenvalue weighted by Crippen LogP contribution is -2.52. The van der Waals surface area contributed by atoms with Crippen molar-refractivity contribution in [1.29, 1.82) is 0 Å². The first-order valence-corrected chi connectivity index (χ1v) is 11.8. The molecule has 0 unspecified atom stereocenters. The number of nitrogens with one attached hydrogen (secondary N) is 3. The number of phenolic OH excluding ortho intramolecular Hbond substituents is 1. The number of pyridine rings is 1. The second-order valence-electron chi connectivity index (χ2n) is 8.65. The summed E-state index contributed by atoms with van der Waals surface area (Å²) in [6, 6.07) is 12.6. The molecule has 1 amide bonds. The molecule has 0 bridgehead atoms. The Morgan fingerprint density at radius 1 is 1.08 bits per heavy atom. The lowest BCUT2D eigenvalue weighted by molar-refractivity contribution is 0.0926. The van der Waals surface area contributed by atoms with Gasteiger partial charge in [-0.05, 0) is 49.2 Å². The molecule has 2 heterocycles. The predicted octanol–water partition coefficient (Wildman–Crippen LogP) is 3.23. The molecule has 10 heteroatoms. The summed E-state index contributed by atoms with van der Waals surface area (Å²) in [5.74, 6) is -2.22. The van der Waals surface area contributed by atoms with Crippen molar-refractivity contribution in [2.24, 2.45) is 0 Å². The van der Waals surface area contributed by atoms with Crippen molar-refractivity contribution in [3.8, 4) is 11.5 Å². The molecule has 196 valence electrons. The molecule has 1 fully saturated rings. The highest BCUT2D eigenvalue weighted by molar-refractivity contribution is 6.11. The third-order valence-electron chi connectivity index (χ3n) is 6.29. The van der Waals surface area contributed by atoms with Crippen molar-refractivity contribution >= 4 is 24.1 Å². The number of amides is 1. The first kappa shape index (κ1) is 28.0. The van der Waals surface area contributed by atoms with Crippen LogP contribution in [0.5, 0.6) is 11.5 Å². The van der Waals surface area contributed by atoms with Crippen molar-refractivity contribution in [3.05, 3.63) is 89.0 Å². The highest BCUT2D eigenvalue weighted by atomic mass is 35.5. The van der Waals surface area contributed by atoms with Crippen molar-refractivity contribution in [1.82, 2.24) is 20.9 Å². The van der Waals surface area contributed by atoms with Crippen LogP contribution in [0.25, 0.3) is 0 Å². The highest BCUT2D eigenvalue weighted by Crippen LogP contribution is 2.30. The van der Waals surface area contributed by atoms with Gasteiger partial charge < -0.3 is 25.8 Å². The number of hydrogen-bond acceptors (Lipinski definition) is 7. The molecule has 8 nitrogen and oxygen atoms in total. The number of ether oxygens (including phenoxy) is 1. The summed E-state index contributed by atoms with van der Waals surface area (Å²) in [5.41, 5.74) is 1.33. The summed E-state index contributed by atoms with van der Waals surface area (Å²) in [7, 11) is 1.30. The number of methoxy groups -OCH3 is 1. The highest BCUT2D eigenvalue weighted by Gasteiger charge is 2.26. The fraction of sp³-hybridized carbons (Fsp3) is 0.296. The Balaban J connectivity index is 0.00000380. The number of carbonyl (C=O) groups excluding carboxylic acids is 2. The molecule has 0 spiro atoms. The van der Waals surface area contributed by atoms with E-state index in [1.54, 1.807) is 48.8 Å². The second kappa shape index (κ2) is 13.1. The summed E-state index contributed by atoms with van der Waals surface area (Å²) in [4.78, 5) is 29.5. The average molecular weight is 529 g/mol. The summed E-state index contributed by atoms with van der Waals surface area (Å²) >= 11 is 0. The number of carbonyl (C=O) groups is 2. The summed E-state index contributed by atoms with van der Waals surface area (Å²) in [6.07, 6.45) is 5.05. The van der Waals surface area contributed by atoms with Gasteiger partial charge in [-0.1, -0.05) is 24.3 Å². The predicted molar refractivity (Wildman–Crippen MR) is 140 cm³/mol. The molecule has 4 rings (SSSR count). The third kappa shape index (κ3) is 6.82. The molecule has 2 aromatic carbocycles. The molecule has 0 saturated carbocycles. The van der Waals surface area contributed by atoms with E-state index in [9.17, 15) is 19.1 Å². The normalized spacial score (nSPS) is 17.2. The van der Waals surface area contributed by atoms with Crippen LogP contribution in [0.4, 0.5) is 4.39 Å². The van der Waals surface area contributed by atoms with Crippen LogP contribution in [0.3, 0.4) is 0 Å². The van der Waals surface area contributed by atoms with Gasteiger partial charge in [0.15, 0.2) is 17.3 Å². The van der Waals surface area contributed by atoms with Gasteiger partial charge in [0.05, 0.1) is 13.2 Å². The molecule has 2 atom stereocenters. The number of aromatic nitrogens is 1. The van der Waals surface area contributed by atoms with E-state index < -0.39 is 22.9 Å². The number of aromatic hydroxyl groups is 1. The number of hydrogen-bond donors (Lipinski definition) is 4. The van der Waals surface area contributed by atoms with E-state index in [-0.39, 0.29) is 41.7 Å². The average Bonchev–Trinajstić information content (AvgIpc) is 3.13. The first-order chi connectivity index (χ1) is 17.5. The number of phenols is 1. The Morgan fingerprint density at radius 2 is 1.81 bits per heavy atom. The zero-order valence-corrected chi connectivity index (χ0v) is 21.2. The van der Waals surface area contributed by atoms with Crippen LogP contribution in [-0.2, 0) is 6.54 Å². The quantitative estimate of drug-likeness (QED) is 0.332. The van der Waals surface area contributed by atoms with Crippen LogP contribution in [-0.4, -0.2) is 54.1 Å². The van der Waals surface area contributed by atoms with Crippen LogP contribution < -0.4 is 20.7 Å². The molecule has 1 aromatic heterocycles. The smallest absolute Gasteiger partial charge is 0.251 e. The fourth-order valence-electron chi connectivity index (χ4n) is 4.29. The summed E-state index contributed by atoms with van der Waals surface area (Å²) < 4.78 is 19.5. The zero-order chi connectivity index (χ0) is 25.5. The van der Waals surface area contributed by atoms with E-state index in [0.29, 0.717) is 18.7 Å². The Morgan fingerprint density at radius 3 is 2.51 bits per heavy atom. The molecule has 1 saturated heterocycles. The van der Waals surface area contributed by atoms with Crippen molar-refractivity contribution in [2.75, 3.05) is 20.2 Å². The SMILES string of the molecule is COc1ccc(O)c(C(=O)c2ccc(CN[C@@H]3CCCNC[C@H]3NC(=O)c3ccncc3)cc2)c1F.Cl. The lowest BCUT2D eigenvalue weighted by atomic mass is 9.99. The van der Waals surface area contributed by atoms with Gasteiger partial charge in [0.25, 0.3) is 5.91 Å². The van der Waals surface area contributed by atoms with Crippen molar-refractivity contribution in [2.45, 2.75) is 31.5 Å². The molecular weight excluding hydrogens is 499 g/mol. The lowest BCUT2D eigenvalue weighted by Gasteiger charge is -2.27. The van der Waals surface area contributed by atoms with E-state index in [4.69, 9.17) is 4.74 Å². The van der Waals surface area contributed by atoms with Gasteiger partial charge in [-0.25, -0.2) is 4.39 Å². The largest absolute Gasteiger partial charge is 0.507 e.